The van der Waals surface area contributed by atoms with Gasteiger partial charge < -0.3 is 4.90 Å². The molecule has 4 nitrogen and oxygen atoms in total. The van der Waals surface area contributed by atoms with Crippen molar-refractivity contribution in [2.24, 2.45) is 5.92 Å². The molecule has 3 heterocycles. The first-order valence-electron chi connectivity index (χ1n) is 9.04. The van der Waals surface area contributed by atoms with Crippen LogP contribution in [0.1, 0.15) is 57.2 Å². The Bertz CT molecular complexity index is 665. The van der Waals surface area contributed by atoms with Gasteiger partial charge in [0, 0.05) is 43.5 Å². The molecule has 0 N–H and O–H groups in total. The average molecular weight is 345 g/mol. The molecular weight excluding hydrogens is 316 g/mol. The van der Waals surface area contributed by atoms with E-state index >= 15 is 0 Å². The summed E-state index contributed by atoms with van der Waals surface area (Å²) in [6, 6.07) is 0.592. The van der Waals surface area contributed by atoms with E-state index in [1.165, 1.54) is 24.4 Å². The number of aromatic nitrogens is 3. The molecular formula is C19H28N4S. The maximum Gasteiger partial charge on any atom is 0.104 e. The average Bonchev–Trinajstić information content (AvgIpc) is 3.02. The smallest absolute Gasteiger partial charge is 0.104 e. The quantitative estimate of drug-likeness (QED) is 0.807. The van der Waals surface area contributed by atoms with Crippen molar-refractivity contribution in [2.75, 3.05) is 13.1 Å². The fourth-order valence-corrected chi connectivity index (χ4v) is 4.53. The van der Waals surface area contributed by atoms with Crippen LogP contribution in [0.2, 0.25) is 0 Å². The lowest BCUT2D eigenvalue weighted by Gasteiger charge is -2.35. The second-order valence-corrected chi connectivity index (χ2v) is 8.55. The Morgan fingerprint density at radius 2 is 1.96 bits per heavy atom. The number of nitrogens with zero attached hydrogens (tertiary/aromatic N) is 4. The highest BCUT2D eigenvalue weighted by molar-refractivity contribution is 7.15. The number of hydrogen-bond acceptors (Lipinski definition) is 5. The Labute approximate surface area is 149 Å². The summed E-state index contributed by atoms with van der Waals surface area (Å²) in [6.45, 7) is 11.3. The zero-order chi connectivity index (χ0) is 17.1. The van der Waals surface area contributed by atoms with Crippen LogP contribution in [0.25, 0.3) is 10.6 Å². The van der Waals surface area contributed by atoms with E-state index in [1.54, 1.807) is 11.3 Å². The molecule has 0 unspecified atom stereocenters. The number of thiazole rings is 1. The highest BCUT2D eigenvalue weighted by atomic mass is 32.1. The van der Waals surface area contributed by atoms with E-state index in [-0.39, 0.29) is 0 Å². The van der Waals surface area contributed by atoms with Gasteiger partial charge in [-0.25, -0.2) is 4.98 Å². The molecule has 0 radical (unpaired) electrons. The van der Waals surface area contributed by atoms with E-state index in [2.05, 4.69) is 42.6 Å². The first-order chi connectivity index (χ1) is 11.5. The van der Waals surface area contributed by atoms with Crippen LogP contribution in [-0.4, -0.2) is 39.0 Å². The highest BCUT2D eigenvalue weighted by Crippen LogP contribution is 2.34. The first-order valence-corrected chi connectivity index (χ1v) is 9.86. The third-order valence-electron chi connectivity index (χ3n) is 4.67. The summed E-state index contributed by atoms with van der Waals surface area (Å²) in [7, 11) is 0. The van der Waals surface area contributed by atoms with Crippen molar-refractivity contribution in [3.8, 4) is 10.6 Å². The van der Waals surface area contributed by atoms with Crippen LogP contribution in [0.4, 0.5) is 0 Å². The largest absolute Gasteiger partial charge is 0.300 e. The van der Waals surface area contributed by atoms with Crippen LogP contribution in [0.3, 0.4) is 0 Å². The molecule has 0 aromatic carbocycles. The Balaban J connectivity index is 1.86. The van der Waals surface area contributed by atoms with Crippen molar-refractivity contribution in [3.05, 3.63) is 29.3 Å². The lowest BCUT2D eigenvalue weighted by Crippen LogP contribution is -2.39. The fraction of sp³-hybridized carbons (Fsp3) is 0.632. The van der Waals surface area contributed by atoms with Crippen molar-refractivity contribution in [3.63, 3.8) is 0 Å². The summed E-state index contributed by atoms with van der Waals surface area (Å²) in [4.78, 5) is 17.7. The third-order valence-corrected chi connectivity index (χ3v) is 5.69. The Hall–Kier alpha value is -1.33. The van der Waals surface area contributed by atoms with Gasteiger partial charge >= 0.3 is 0 Å². The van der Waals surface area contributed by atoms with E-state index in [0.29, 0.717) is 17.9 Å². The zero-order valence-corrected chi connectivity index (χ0v) is 16.0. The molecule has 1 aliphatic heterocycles. The Morgan fingerprint density at radius 3 is 2.71 bits per heavy atom. The molecule has 0 saturated carbocycles. The first kappa shape index (κ1) is 17.5. The van der Waals surface area contributed by atoms with E-state index in [4.69, 9.17) is 4.98 Å². The maximum atomic E-state index is 4.73. The minimum atomic E-state index is 0.473. The summed E-state index contributed by atoms with van der Waals surface area (Å²) >= 11 is 1.77. The normalized spacial score (nSPS) is 19.3. The monoisotopic (exact) mass is 344 g/mol. The van der Waals surface area contributed by atoms with Gasteiger partial charge in [0.15, 0.2) is 0 Å². The molecule has 130 valence electrons. The Kier molecular flexibility index (Phi) is 5.61. The van der Waals surface area contributed by atoms with Crippen LogP contribution in [-0.2, 0) is 6.42 Å². The van der Waals surface area contributed by atoms with Gasteiger partial charge in [0.05, 0.1) is 15.6 Å². The Morgan fingerprint density at radius 1 is 1.17 bits per heavy atom. The van der Waals surface area contributed by atoms with Crippen LogP contribution in [0.15, 0.2) is 18.6 Å². The fourth-order valence-electron chi connectivity index (χ4n) is 3.40. The second kappa shape index (κ2) is 7.70. The van der Waals surface area contributed by atoms with Gasteiger partial charge in [0.2, 0.25) is 0 Å². The molecule has 0 spiro atoms. The molecule has 2 aromatic heterocycles. The van der Waals surface area contributed by atoms with Crippen LogP contribution in [0.5, 0.6) is 0 Å². The minimum Gasteiger partial charge on any atom is -0.300 e. The number of rotatable bonds is 5. The van der Waals surface area contributed by atoms with Gasteiger partial charge in [-0.05, 0) is 39.2 Å². The predicted octanol–water partition coefficient (Wildman–Crippen LogP) is 4.39. The van der Waals surface area contributed by atoms with Crippen molar-refractivity contribution >= 4 is 11.3 Å². The number of hydrogen-bond donors (Lipinski definition) is 0. The zero-order valence-electron chi connectivity index (χ0n) is 15.2. The lowest BCUT2D eigenvalue weighted by atomic mass is 9.92. The number of piperidine rings is 1. The minimum absolute atomic E-state index is 0.473. The topological polar surface area (TPSA) is 41.9 Å². The maximum absolute atomic E-state index is 4.73. The van der Waals surface area contributed by atoms with Crippen LogP contribution < -0.4 is 0 Å². The molecule has 1 atom stereocenters. The summed E-state index contributed by atoms with van der Waals surface area (Å²) < 4.78 is 0. The SMILES string of the molecule is CC(C)Cc1ncc(-c2nccnc2[C@H]2CCCN(C(C)C)C2)s1. The van der Waals surface area contributed by atoms with Crippen LogP contribution in [0, 0.1) is 5.92 Å². The van der Waals surface area contributed by atoms with Gasteiger partial charge in [-0.3, -0.25) is 9.97 Å². The van der Waals surface area contributed by atoms with Crippen molar-refractivity contribution in [1.29, 1.82) is 0 Å². The standard InChI is InChI=1S/C19H28N4S/c1-13(2)10-17-22-11-16(24-17)19-18(20-7-8-21-19)15-6-5-9-23(12-15)14(3)4/h7-8,11,13-15H,5-6,9-10,12H2,1-4H3/t15-/m0/s1. The predicted molar refractivity (Wildman–Crippen MR) is 100 cm³/mol. The van der Waals surface area contributed by atoms with E-state index in [9.17, 15) is 0 Å². The summed E-state index contributed by atoms with van der Waals surface area (Å²) in [5, 5.41) is 1.20. The van der Waals surface area contributed by atoms with Gasteiger partial charge in [-0.1, -0.05) is 13.8 Å². The van der Waals surface area contributed by atoms with Gasteiger partial charge in [-0.2, -0.15) is 0 Å². The van der Waals surface area contributed by atoms with Gasteiger partial charge in [0.1, 0.15) is 5.69 Å². The highest BCUT2D eigenvalue weighted by Gasteiger charge is 2.27. The molecule has 5 heteroatoms. The molecule has 3 rings (SSSR count). The van der Waals surface area contributed by atoms with E-state index in [1.807, 2.05) is 18.6 Å². The summed E-state index contributed by atoms with van der Waals surface area (Å²) in [6.07, 6.45) is 9.10. The molecule has 1 fully saturated rings. The summed E-state index contributed by atoms with van der Waals surface area (Å²) in [5.41, 5.74) is 2.20. The third kappa shape index (κ3) is 4.01. The molecule has 0 aliphatic carbocycles. The molecule has 24 heavy (non-hydrogen) atoms. The number of likely N-dealkylation sites (tertiary alicyclic amines) is 1. The van der Waals surface area contributed by atoms with Gasteiger partial charge in [-0.15, -0.1) is 11.3 Å². The molecule has 2 aromatic rings. The van der Waals surface area contributed by atoms with Crippen molar-refractivity contribution in [2.45, 2.75) is 58.9 Å². The van der Waals surface area contributed by atoms with E-state index in [0.717, 1.165) is 29.2 Å². The van der Waals surface area contributed by atoms with E-state index < -0.39 is 0 Å². The van der Waals surface area contributed by atoms with Gasteiger partial charge in [0.25, 0.3) is 0 Å². The van der Waals surface area contributed by atoms with Crippen LogP contribution >= 0.6 is 11.3 Å². The second-order valence-electron chi connectivity index (χ2n) is 7.43. The lowest BCUT2D eigenvalue weighted by molar-refractivity contribution is 0.166. The molecule has 0 amide bonds. The van der Waals surface area contributed by atoms with Crippen molar-refractivity contribution < 1.29 is 0 Å². The molecule has 1 aliphatic rings. The van der Waals surface area contributed by atoms with Crippen molar-refractivity contribution in [1.82, 2.24) is 19.9 Å². The summed E-state index contributed by atoms with van der Waals surface area (Å²) in [5.74, 6) is 1.10. The molecule has 1 saturated heterocycles. The molecule has 0 bridgehead atoms.